The Balaban J connectivity index is 1.48. The van der Waals surface area contributed by atoms with Crippen molar-refractivity contribution in [1.29, 1.82) is 0 Å². The molecule has 0 radical (unpaired) electrons. The second-order valence-corrected chi connectivity index (χ2v) is 7.43. The zero-order chi connectivity index (χ0) is 20.7. The van der Waals surface area contributed by atoms with E-state index < -0.39 is 4.92 Å². The minimum atomic E-state index is -0.453. The molecule has 0 aliphatic heterocycles. The molecule has 146 valence electrons. The smallest absolute Gasteiger partial charge is 0.291 e. The van der Waals surface area contributed by atoms with Crippen molar-refractivity contribution in [3.63, 3.8) is 0 Å². The highest BCUT2D eigenvalue weighted by molar-refractivity contribution is 7.15. The molecule has 0 bridgehead atoms. The minimum absolute atomic E-state index is 0.0115. The van der Waals surface area contributed by atoms with Crippen LogP contribution in [0.25, 0.3) is 33.7 Å². The number of thiazole rings is 1. The Kier molecular flexibility index (Phi) is 4.22. The number of hydrogen-bond acceptors (Lipinski definition) is 7. The van der Waals surface area contributed by atoms with Crippen molar-refractivity contribution in [1.82, 2.24) is 14.6 Å². The highest BCUT2D eigenvalue weighted by Gasteiger charge is 2.13. The Hall–Kier alpha value is -4.11. The SMILES string of the molecule is O=c1/c(=C/c2ccc(-c3ccc([N+](=O)[O-])cc3)o2)sc2nc(-c3ccccc3)nn12. The molecule has 0 N–H and O–H groups in total. The van der Waals surface area contributed by atoms with Crippen molar-refractivity contribution in [2.45, 2.75) is 0 Å². The number of fused-ring (bicyclic) bond motifs is 1. The van der Waals surface area contributed by atoms with Gasteiger partial charge in [-0.3, -0.25) is 14.9 Å². The second-order valence-electron chi connectivity index (χ2n) is 6.42. The molecule has 2 aromatic carbocycles. The average Bonchev–Trinajstić information content (AvgIpc) is 3.47. The van der Waals surface area contributed by atoms with Crippen LogP contribution in [0, 0.1) is 10.1 Å². The van der Waals surface area contributed by atoms with Gasteiger partial charge in [0.05, 0.1) is 4.92 Å². The Bertz CT molecular complexity index is 1480. The summed E-state index contributed by atoms with van der Waals surface area (Å²) in [6.07, 6.45) is 1.64. The Morgan fingerprint density at radius 3 is 2.47 bits per heavy atom. The van der Waals surface area contributed by atoms with E-state index in [4.69, 9.17) is 4.42 Å². The number of aromatic nitrogens is 3. The lowest BCUT2D eigenvalue weighted by Gasteiger charge is -1.96. The Morgan fingerprint density at radius 2 is 1.77 bits per heavy atom. The average molecular weight is 416 g/mol. The van der Waals surface area contributed by atoms with Crippen LogP contribution < -0.4 is 10.1 Å². The van der Waals surface area contributed by atoms with E-state index >= 15 is 0 Å². The standard InChI is InChI=1S/C21H12N4O4S/c26-20-18(30-21-22-19(23-24(20)21)14-4-2-1-3-5-14)12-16-10-11-17(29-16)13-6-8-15(9-7-13)25(27)28/h1-12H/b18-12-. The van der Waals surface area contributed by atoms with Gasteiger partial charge >= 0.3 is 0 Å². The fourth-order valence-corrected chi connectivity index (χ4v) is 3.89. The van der Waals surface area contributed by atoms with Crippen LogP contribution >= 0.6 is 11.3 Å². The fraction of sp³-hybridized carbons (Fsp3) is 0. The normalized spacial score (nSPS) is 11.9. The van der Waals surface area contributed by atoms with Gasteiger partial charge in [0, 0.05) is 29.3 Å². The van der Waals surface area contributed by atoms with Crippen molar-refractivity contribution in [3.05, 3.63) is 97.5 Å². The van der Waals surface area contributed by atoms with Crippen molar-refractivity contribution in [2.75, 3.05) is 0 Å². The van der Waals surface area contributed by atoms with Gasteiger partial charge in [0.2, 0.25) is 4.96 Å². The third-order valence-corrected chi connectivity index (χ3v) is 5.44. The first-order valence-electron chi connectivity index (χ1n) is 8.90. The topological polar surface area (TPSA) is 104 Å². The number of nitrogens with zero attached hydrogens (tertiary/aromatic N) is 4. The molecule has 0 saturated carbocycles. The summed E-state index contributed by atoms with van der Waals surface area (Å²) in [5.74, 6) is 1.55. The van der Waals surface area contributed by atoms with Gasteiger partial charge in [-0.15, -0.1) is 5.10 Å². The molecule has 8 nitrogen and oxygen atoms in total. The first kappa shape index (κ1) is 18.0. The predicted molar refractivity (Wildman–Crippen MR) is 112 cm³/mol. The third kappa shape index (κ3) is 3.16. The Morgan fingerprint density at radius 1 is 1.00 bits per heavy atom. The zero-order valence-electron chi connectivity index (χ0n) is 15.3. The first-order chi connectivity index (χ1) is 14.6. The zero-order valence-corrected chi connectivity index (χ0v) is 16.1. The number of non-ortho nitro benzene ring substituents is 1. The van der Waals surface area contributed by atoms with Crippen molar-refractivity contribution >= 4 is 28.1 Å². The number of benzene rings is 2. The summed E-state index contributed by atoms with van der Waals surface area (Å²) in [7, 11) is 0. The predicted octanol–water partition coefficient (Wildman–Crippen LogP) is 3.53. The second kappa shape index (κ2) is 7.05. The van der Waals surface area contributed by atoms with Gasteiger partial charge in [0.1, 0.15) is 16.1 Å². The molecular formula is C21H12N4O4S. The van der Waals surface area contributed by atoms with Gasteiger partial charge in [-0.25, -0.2) is 0 Å². The molecule has 0 fully saturated rings. The summed E-state index contributed by atoms with van der Waals surface area (Å²) in [6, 6.07) is 19.0. The molecule has 0 saturated heterocycles. The van der Waals surface area contributed by atoms with Crippen LogP contribution in [0.3, 0.4) is 0 Å². The van der Waals surface area contributed by atoms with Gasteiger partial charge in [0.25, 0.3) is 11.2 Å². The van der Waals surface area contributed by atoms with Crippen LogP contribution in [0.15, 0.2) is 75.9 Å². The minimum Gasteiger partial charge on any atom is -0.457 e. The van der Waals surface area contributed by atoms with Crippen molar-refractivity contribution in [2.24, 2.45) is 0 Å². The summed E-state index contributed by atoms with van der Waals surface area (Å²) >= 11 is 1.23. The maximum Gasteiger partial charge on any atom is 0.291 e. The molecule has 0 aliphatic rings. The molecule has 0 amide bonds. The molecular weight excluding hydrogens is 404 g/mol. The van der Waals surface area contributed by atoms with Crippen LogP contribution in [0.5, 0.6) is 0 Å². The number of hydrogen-bond donors (Lipinski definition) is 0. The lowest BCUT2D eigenvalue weighted by molar-refractivity contribution is -0.384. The van der Waals surface area contributed by atoms with Gasteiger partial charge in [-0.05, 0) is 24.3 Å². The van der Waals surface area contributed by atoms with E-state index in [-0.39, 0.29) is 11.2 Å². The van der Waals surface area contributed by atoms with E-state index in [0.29, 0.717) is 32.4 Å². The maximum absolute atomic E-state index is 12.7. The lowest BCUT2D eigenvalue weighted by atomic mass is 10.1. The number of rotatable bonds is 4. The number of nitro benzene ring substituents is 1. The molecule has 0 atom stereocenters. The van der Waals surface area contributed by atoms with E-state index in [1.807, 2.05) is 30.3 Å². The van der Waals surface area contributed by atoms with E-state index in [2.05, 4.69) is 10.1 Å². The maximum atomic E-state index is 12.7. The molecule has 9 heteroatoms. The van der Waals surface area contributed by atoms with Crippen LogP contribution in [-0.4, -0.2) is 19.5 Å². The van der Waals surface area contributed by atoms with E-state index in [1.54, 1.807) is 30.3 Å². The monoisotopic (exact) mass is 416 g/mol. The Labute approximate surface area is 172 Å². The molecule has 5 rings (SSSR count). The van der Waals surface area contributed by atoms with Gasteiger partial charge in [0.15, 0.2) is 5.82 Å². The highest BCUT2D eigenvalue weighted by atomic mass is 32.1. The summed E-state index contributed by atoms with van der Waals surface area (Å²) in [6.45, 7) is 0. The number of nitro groups is 1. The molecule has 3 aromatic heterocycles. The van der Waals surface area contributed by atoms with Crippen molar-refractivity contribution in [3.8, 4) is 22.7 Å². The summed E-state index contributed by atoms with van der Waals surface area (Å²) in [5, 5.41) is 15.1. The molecule has 5 aromatic rings. The van der Waals surface area contributed by atoms with Gasteiger partial charge in [-0.2, -0.15) is 9.50 Å². The first-order valence-corrected chi connectivity index (χ1v) is 9.71. The molecule has 0 spiro atoms. The van der Waals surface area contributed by atoms with Crippen LogP contribution in [0.4, 0.5) is 5.69 Å². The molecule has 0 unspecified atom stereocenters. The third-order valence-electron chi connectivity index (χ3n) is 4.48. The summed E-state index contributed by atoms with van der Waals surface area (Å²) in [4.78, 5) is 28.0. The fourth-order valence-electron chi connectivity index (χ4n) is 3.01. The quantitative estimate of drug-likeness (QED) is 0.328. The van der Waals surface area contributed by atoms with E-state index in [1.165, 1.54) is 28.0 Å². The van der Waals surface area contributed by atoms with Crippen molar-refractivity contribution < 1.29 is 9.34 Å². The van der Waals surface area contributed by atoms with E-state index in [9.17, 15) is 14.9 Å². The van der Waals surface area contributed by atoms with Crippen LogP contribution in [0.2, 0.25) is 0 Å². The van der Waals surface area contributed by atoms with Gasteiger partial charge < -0.3 is 4.42 Å². The summed E-state index contributed by atoms with van der Waals surface area (Å²) in [5.41, 5.74) is 1.30. The summed E-state index contributed by atoms with van der Waals surface area (Å²) < 4.78 is 7.53. The van der Waals surface area contributed by atoms with Crippen LogP contribution in [-0.2, 0) is 0 Å². The number of furan rings is 1. The van der Waals surface area contributed by atoms with Gasteiger partial charge in [-0.1, -0.05) is 41.7 Å². The largest absolute Gasteiger partial charge is 0.457 e. The molecule has 30 heavy (non-hydrogen) atoms. The molecule has 0 aliphatic carbocycles. The molecule has 3 heterocycles. The van der Waals surface area contributed by atoms with E-state index in [0.717, 1.165) is 5.56 Å². The highest BCUT2D eigenvalue weighted by Crippen LogP contribution is 2.25. The van der Waals surface area contributed by atoms with Crippen LogP contribution in [0.1, 0.15) is 5.76 Å². The lowest BCUT2D eigenvalue weighted by Crippen LogP contribution is -2.23.